The van der Waals surface area contributed by atoms with Gasteiger partial charge in [0.25, 0.3) is 11.6 Å². The average molecular weight is 417 g/mol. The first kappa shape index (κ1) is 20.5. The molecule has 2 N–H and O–H groups in total. The van der Waals surface area contributed by atoms with Crippen LogP contribution in [-0.2, 0) is 4.74 Å². The van der Waals surface area contributed by atoms with Crippen LogP contribution in [0.1, 0.15) is 19.8 Å². The van der Waals surface area contributed by atoms with Crippen molar-refractivity contribution in [2.75, 3.05) is 19.8 Å². The van der Waals surface area contributed by atoms with E-state index < -0.39 is 19.1 Å². The van der Waals surface area contributed by atoms with Crippen molar-refractivity contribution in [3.63, 3.8) is 0 Å². The number of nitrogens with zero attached hydrogens (tertiary/aromatic N) is 2. The van der Waals surface area contributed by atoms with Gasteiger partial charge < -0.3 is 24.6 Å². The van der Waals surface area contributed by atoms with Crippen molar-refractivity contribution in [2.45, 2.75) is 38.3 Å². The van der Waals surface area contributed by atoms with Crippen LogP contribution in [0.2, 0.25) is 0 Å². The fourth-order valence-electron chi connectivity index (χ4n) is 2.74. The second-order valence-corrected chi connectivity index (χ2v) is 7.55. The summed E-state index contributed by atoms with van der Waals surface area (Å²) < 4.78 is 40.7. The lowest BCUT2D eigenvalue weighted by molar-refractivity contribution is -0.0474. The van der Waals surface area contributed by atoms with Crippen LogP contribution in [0.25, 0.3) is 10.3 Å². The molecular formula is C17H21F2N3O5S. The minimum absolute atomic E-state index is 0.109. The van der Waals surface area contributed by atoms with Crippen LogP contribution in [0.4, 0.5) is 13.6 Å². The minimum Gasteiger partial charge on any atom is -0.477 e. The molecular weight excluding hydrogens is 396 g/mol. The van der Waals surface area contributed by atoms with Gasteiger partial charge in [-0.3, -0.25) is 0 Å². The molecule has 0 aliphatic heterocycles. The molecule has 0 spiro atoms. The molecule has 8 nitrogen and oxygen atoms in total. The Morgan fingerprint density at radius 3 is 2.82 bits per heavy atom. The molecule has 1 fully saturated rings. The third-order valence-corrected chi connectivity index (χ3v) is 5.03. The smallest absolute Gasteiger partial charge is 0.404 e. The molecule has 0 unspecified atom stereocenters. The van der Waals surface area contributed by atoms with Gasteiger partial charge >= 0.3 is 6.09 Å². The molecule has 1 saturated carbocycles. The molecule has 2 aromatic heterocycles. The first-order valence-electron chi connectivity index (χ1n) is 8.81. The number of nitrogens with one attached hydrogen (secondary N) is 1. The maximum Gasteiger partial charge on any atom is 0.404 e. The summed E-state index contributed by atoms with van der Waals surface area (Å²) in [6.07, 6.45) is -1.82. The summed E-state index contributed by atoms with van der Waals surface area (Å²) in [5, 5.41) is 11.1. The van der Waals surface area contributed by atoms with Crippen molar-refractivity contribution < 1.29 is 32.9 Å². The maximum absolute atomic E-state index is 12.2. The van der Waals surface area contributed by atoms with Gasteiger partial charge in [0, 0.05) is 6.07 Å². The zero-order chi connectivity index (χ0) is 20.1. The topological polar surface area (TPSA) is 103 Å². The predicted octanol–water partition coefficient (Wildman–Crippen LogP) is 3.17. The van der Waals surface area contributed by atoms with Gasteiger partial charge in [0.05, 0.1) is 25.4 Å². The minimum atomic E-state index is -2.55. The van der Waals surface area contributed by atoms with Gasteiger partial charge in [-0.2, -0.15) is 0 Å². The van der Waals surface area contributed by atoms with E-state index in [0.717, 1.165) is 24.2 Å². The summed E-state index contributed by atoms with van der Waals surface area (Å²) >= 11 is 1.10. The summed E-state index contributed by atoms with van der Waals surface area (Å²) in [6, 6.07) is 3.15. The summed E-state index contributed by atoms with van der Waals surface area (Å²) in [7, 11) is 0. The number of thiazole rings is 1. The Bertz CT molecular complexity index is 800. The Labute approximate surface area is 163 Å². The lowest BCUT2D eigenvalue weighted by Gasteiger charge is -2.35. The Kier molecular flexibility index (Phi) is 6.79. The Morgan fingerprint density at radius 2 is 2.11 bits per heavy atom. The van der Waals surface area contributed by atoms with Gasteiger partial charge in [0.1, 0.15) is 5.52 Å². The Morgan fingerprint density at radius 1 is 1.32 bits per heavy atom. The van der Waals surface area contributed by atoms with Gasteiger partial charge in [0.15, 0.2) is 11.4 Å². The van der Waals surface area contributed by atoms with Crippen molar-refractivity contribution in [1.82, 2.24) is 15.3 Å². The molecule has 11 heteroatoms. The number of halogens is 2. The van der Waals surface area contributed by atoms with Crippen molar-refractivity contribution in [3.8, 4) is 11.1 Å². The van der Waals surface area contributed by atoms with Gasteiger partial charge in [0.2, 0.25) is 5.88 Å². The molecule has 3 rings (SSSR count). The summed E-state index contributed by atoms with van der Waals surface area (Å²) in [4.78, 5) is 19.5. The monoisotopic (exact) mass is 417 g/mol. The zero-order valence-electron chi connectivity index (χ0n) is 15.1. The third-order valence-electron chi connectivity index (χ3n) is 4.15. The number of ether oxygens (including phenoxy) is 3. The quantitative estimate of drug-likeness (QED) is 0.612. The zero-order valence-corrected chi connectivity index (χ0v) is 16.0. The van der Waals surface area contributed by atoms with Crippen molar-refractivity contribution >= 4 is 27.8 Å². The lowest BCUT2D eigenvalue weighted by atomic mass is 9.83. The van der Waals surface area contributed by atoms with E-state index in [0.29, 0.717) is 35.4 Å². The molecule has 1 aliphatic carbocycles. The van der Waals surface area contributed by atoms with Crippen LogP contribution >= 0.6 is 11.3 Å². The van der Waals surface area contributed by atoms with E-state index in [9.17, 15) is 13.6 Å². The van der Waals surface area contributed by atoms with E-state index in [1.165, 1.54) is 0 Å². The number of rotatable bonds is 10. The fourth-order valence-corrected chi connectivity index (χ4v) is 3.53. The first-order valence-corrected chi connectivity index (χ1v) is 9.63. The van der Waals surface area contributed by atoms with Gasteiger partial charge in [-0.25, -0.2) is 23.5 Å². The number of amides is 1. The molecule has 2 aromatic rings. The standard InChI is InChI=1S/C17H21F2N3O5S/c1-9(20-16(23)24)6-25-11-4-10(5-11)7-26-14-3-2-12-15(22-14)28-17(21-12)27-8-13(18)19/h2-3,9-11,13,20H,4-8H2,1H3,(H,23,24)/t9-,10?,11?/m0/s1. The van der Waals surface area contributed by atoms with Gasteiger partial charge in [-0.05, 0) is 31.7 Å². The number of alkyl halides is 2. The molecule has 0 bridgehead atoms. The highest BCUT2D eigenvalue weighted by molar-refractivity contribution is 7.19. The lowest BCUT2D eigenvalue weighted by Crippen LogP contribution is -2.40. The molecule has 2 heterocycles. The number of carbonyl (C=O) groups is 1. The molecule has 28 heavy (non-hydrogen) atoms. The van der Waals surface area contributed by atoms with Crippen LogP contribution < -0.4 is 14.8 Å². The van der Waals surface area contributed by atoms with E-state index in [-0.39, 0.29) is 17.3 Å². The van der Waals surface area contributed by atoms with Crippen LogP contribution in [0, 0.1) is 5.92 Å². The molecule has 1 amide bonds. The van der Waals surface area contributed by atoms with E-state index in [2.05, 4.69) is 15.3 Å². The Balaban J connectivity index is 1.39. The number of pyridine rings is 1. The van der Waals surface area contributed by atoms with Crippen LogP contribution in [0.15, 0.2) is 12.1 Å². The highest BCUT2D eigenvalue weighted by Gasteiger charge is 2.31. The summed E-state index contributed by atoms with van der Waals surface area (Å²) in [5.41, 5.74) is 0.572. The summed E-state index contributed by atoms with van der Waals surface area (Å²) in [6.45, 7) is 1.89. The highest BCUT2D eigenvalue weighted by atomic mass is 32.1. The molecule has 0 radical (unpaired) electrons. The molecule has 0 aromatic carbocycles. The van der Waals surface area contributed by atoms with Crippen molar-refractivity contribution in [2.24, 2.45) is 5.92 Å². The molecule has 154 valence electrons. The van der Waals surface area contributed by atoms with Gasteiger partial charge in [-0.1, -0.05) is 11.3 Å². The van der Waals surface area contributed by atoms with E-state index in [1.54, 1.807) is 19.1 Å². The number of hydrogen-bond donors (Lipinski definition) is 2. The Hall–Kier alpha value is -2.27. The maximum atomic E-state index is 12.2. The third kappa shape index (κ3) is 5.86. The van der Waals surface area contributed by atoms with Crippen LogP contribution in [0.5, 0.6) is 11.1 Å². The van der Waals surface area contributed by atoms with Crippen LogP contribution in [-0.4, -0.2) is 59.6 Å². The van der Waals surface area contributed by atoms with Crippen molar-refractivity contribution in [1.29, 1.82) is 0 Å². The summed E-state index contributed by atoms with van der Waals surface area (Å²) in [5.74, 6) is 0.789. The van der Waals surface area contributed by atoms with Gasteiger partial charge in [-0.15, -0.1) is 0 Å². The number of carboxylic acid groups (broad SMARTS) is 1. The van der Waals surface area contributed by atoms with Crippen LogP contribution in [0.3, 0.4) is 0 Å². The van der Waals surface area contributed by atoms with Crippen molar-refractivity contribution in [3.05, 3.63) is 12.1 Å². The molecule has 0 saturated heterocycles. The second-order valence-electron chi connectivity index (χ2n) is 6.61. The average Bonchev–Trinajstić information content (AvgIpc) is 2.99. The number of hydrogen-bond acceptors (Lipinski definition) is 7. The first-order chi connectivity index (χ1) is 13.4. The van der Waals surface area contributed by atoms with E-state index in [1.807, 2.05) is 0 Å². The molecule has 1 atom stereocenters. The van der Waals surface area contributed by atoms with E-state index in [4.69, 9.17) is 19.3 Å². The highest BCUT2D eigenvalue weighted by Crippen LogP contribution is 2.32. The van der Waals surface area contributed by atoms with E-state index >= 15 is 0 Å². The normalized spacial score (nSPS) is 20.0. The second kappa shape index (κ2) is 9.28. The fraction of sp³-hybridized carbons (Fsp3) is 0.588. The number of aromatic nitrogens is 2. The number of fused-ring (bicyclic) bond motifs is 1. The molecule has 1 aliphatic rings. The SMILES string of the molecule is C[C@@H](COC1CC(COc2ccc3nc(OCC(F)F)sc3n2)C1)NC(=O)O. The predicted molar refractivity (Wildman–Crippen MR) is 97.5 cm³/mol. The largest absolute Gasteiger partial charge is 0.477 e.